The van der Waals surface area contributed by atoms with Crippen molar-refractivity contribution in [1.82, 2.24) is 19.5 Å². The van der Waals surface area contributed by atoms with E-state index in [-0.39, 0.29) is 22.7 Å². The van der Waals surface area contributed by atoms with Crippen molar-refractivity contribution >= 4 is 21.3 Å². The fourth-order valence-corrected chi connectivity index (χ4v) is 4.06. The molecule has 4 aromatic rings. The number of benzene rings is 1. The fourth-order valence-electron chi connectivity index (χ4n) is 2.86. The molecule has 0 bridgehead atoms. The number of carbonyl (C=O) groups is 1. The van der Waals surface area contributed by atoms with Crippen LogP contribution in [-0.4, -0.2) is 35.9 Å². The van der Waals surface area contributed by atoms with Crippen LogP contribution in [-0.2, 0) is 21.7 Å². The lowest BCUT2D eigenvalue weighted by Gasteiger charge is -2.01. The monoisotopic (exact) mass is 467 g/mol. The average Bonchev–Trinajstić information content (AvgIpc) is 3.33. The quantitative estimate of drug-likeness (QED) is 0.421. The van der Waals surface area contributed by atoms with Gasteiger partial charge in [0.1, 0.15) is 11.5 Å². The molecule has 1 aromatic carbocycles. The first-order valence-electron chi connectivity index (χ1n) is 8.89. The molecule has 3 aromatic heterocycles. The van der Waals surface area contributed by atoms with Gasteiger partial charge in [-0.25, -0.2) is 13.6 Å². The Morgan fingerprint density at radius 2 is 2.00 bits per heavy atom. The molecule has 0 fully saturated rings. The van der Waals surface area contributed by atoms with E-state index in [1.54, 1.807) is 10.6 Å². The van der Waals surface area contributed by atoms with E-state index in [4.69, 9.17) is 0 Å². The molecule has 13 heteroatoms. The zero-order valence-electron chi connectivity index (χ0n) is 16.2. The molecular formula is C19H13F4N5O3S. The highest BCUT2D eigenvalue weighted by atomic mass is 32.2. The number of carbonyl (C=O) groups excluding carboxylic acids is 1. The summed E-state index contributed by atoms with van der Waals surface area (Å²) in [6.07, 6.45) is -0.430. The van der Waals surface area contributed by atoms with E-state index in [0.717, 1.165) is 6.07 Å². The number of nitrogens with zero attached hydrogens (tertiary/aromatic N) is 5. The molecule has 0 aliphatic heterocycles. The van der Waals surface area contributed by atoms with Gasteiger partial charge in [-0.2, -0.15) is 22.5 Å². The van der Waals surface area contributed by atoms with Gasteiger partial charge in [0, 0.05) is 29.8 Å². The molecule has 166 valence electrons. The van der Waals surface area contributed by atoms with Gasteiger partial charge in [0.2, 0.25) is 5.82 Å². The molecule has 0 aliphatic rings. The van der Waals surface area contributed by atoms with Crippen molar-refractivity contribution in [3.05, 3.63) is 71.8 Å². The second-order valence-corrected chi connectivity index (χ2v) is 9.23. The Morgan fingerprint density at radius 3 is 2.69 bits per heavy atom. The summed E-state index contributed by atoms with van der Waals surface area (Å²) < 4.78 is 73.6. The fraction of sp³-hybridized carbons (Fsp3) is 0.158. The Balaban J connectivity index is 1.59. The van der Waals surface area contributed by atoms with Gasteiger partial charge in [-0.1, -0.05) is 11.2 Å². The predicted molar refractivity (Wildman–Crippen MR) is 104 cm³/mol. The van der Waals surface area contributed by atoms with Crippen LogP contribution in [0.25, 0.3) is 17.0 Å². The molecule has 0 aliphatic carbocycles. The second-order valence-electron chi connectivity index (χ2n) is 6.84. The Kier molecular flexibility index (Phi) is 5.28. The number of imidazole rings is 1. The molecule has 3 heterocycles. The standard InChI is InChI=1S/C19H13F4N5O3S/c1-32(30,27-17(29)12-3-2-4-13(20)7-12)10-14-9-28-6-5-11(8-15(28)24-14)16-25-18(31-26-16)19(21,22)23/h2-9H,10H2,1H3. The van der Waals surface area contributed by atoms with E-state index in [2.05, 4.69) is 24.0 Å². The van der Waals surface area contributed by atoms with Crippen LogP contribution in [0.3, 0.4) is 0 Å². The first-order valence-corrected chi connectivity index (χ1v) is 11.0. The molecule has 8 nitrogen and oxygen atoms in total. The van der Waals surface area contributed by atoms with Gasteiger partial charge in [-0.15, -0.1) is 0 Å². The maximum absolute atomic E-state index is 13.3. The van der Waals surface area contributed by atoms with Crippen LogP contribution >= 0.6 is 0 Å². The van der Waals surface area contributed by atoms with Crippen LogP contribution in [0.15, 0.2) is 57.7 Å². The van der Waals surface area contributed by atoms with E-state index >= 15 is 0 Å². The van der Waals surface area contributed by atoms with Crippen molar-refractivity contribution in [2.75, 3.05) is 6.26 Å². The van der Waals surface area contributed by atoms with Crippen LogP contribution in [0.4, 0.5) is 17.6 Å². The molecule has 0 radical (unpaired) electrons. The van der Waals surface area contributed by atoms with Crippen molar-refractivity contribution in [3.8, 4) is 11.4 Å². The summed E-state index contributed by atoms with van der Waals surface area (Å²) in [5, 5.41) is 3.33. The minimum atomic E-state index is -4.76. The zero-order chi connectivity index (χ0) is 23.1. The van der Waals surface area contributed by atoms with Crippen molar-refractivity contribution in [2.45, 2.75) is 11.9 Å². The largest absolute Gasteiger partial charge is 0.471 e. The van der Waals surface area contributed by atoms with Gasteiger partial charge < -0.3 is 8.92 Å². The number of hydrogen-bond acceptors (Lipinski definition) is 6. The summed E-state index contributed by atoms with van der Waals surface area (Å²) in [7, 11) is -3.06. The summed E-state index contributed by atoms with van der Waals surface area (Å²) in [5.41, 5.74) is 0.853. The van der Waals surface area contributed by atoms with Crippen molar-refractivity contribution in [1.29, 1.82) is 0 Å². The lowest BCUT2D eigenvalue weighted by molar-refractivity contribution is -0.159. The van der Waals surface area contributed by atoms with Gasteiger partial charge in [0.25, 0.3) is 5.91 Å². The van der Waals surface area contributed by atoms with Crippen molar-refractivity contribution in [3.63, 3.8) is 0 Å². The zero-order valence-corrected chi connectivity index (χ0v) is 17.0. The normalized spacial score (nSPS) is 13.8. The third kappa shape index (κ3) is 4.66. The smallest absolute Gasteiger partial charge is 0.329 e. The third-order valence-corrected chi connectivity index (χ3v) is 5.58. The molecule has 1 amide bonds. The van der Waals surface area contributed by atoms with Crippen LogP contribution in [0, 0.1) is 5.82 Å². The molecule has 1 unspecified atom stereocenters. The topological polar surface area (TPSA) is 103 Å². The molecule has 0 saturated carbocycles. The van der Waals surface area contributed by atoms with E-state index in [0.29, 0.717) is 11.3 Å². The third-order valence-electron chi connectivity index (χ3n) is 4.20. The molecule has 0 N–H and O–H groups in total. The maximum atomic E-state index is 13.3. The summed E-state index contributed by atoms with van der Waals surface area (Å²) >= 11 is 0. The first kappa shape index (κ1) is 21.6. The van der Waals surface area contributed by atoms with E-state index in [1.165, 1.54) is 42.8 Å². The lowest BCUT2D eigenvalue weighted by Crippen LogP contribution is -2.06. The Hall–Kier alpha value is -3.61. The number of hydrogen-bond donors (Lipinski definition) is 0. The summed E-state index contributed by atoms with van der Waals surface area (Å²) in [6.45, 7) is 0. The lowest BCUT2D eigenvalue weighted by atomic mass is 10.2. The number of amides is 1. The number of halogens is 4. The Morgan fingerprint density at radius 1 is 1.22 bits per heavy atom. The second kappa shape index (κ2) is 7.82. The molecule has 4 rings (SSSR count). The molecular weight excluding hydrogens is 454 g/mol. The van der Waals surface area contributed by atoms with Crippen LogP contribution < -0.4 is 0 Å². The number of fused-ring (bicyclic) bond motifs is 1. The Labute approximate surface area is 178 Å². The molecule has 32 heavy (non-hydrogen) atoms. The minimum Gasteiger partial charge on any atom is -0.329 e. The average molecular weight is 467 g/mol. The highest BCUT2D eigenvalue weighted by Crippen LogP contribution is 2.29. The maximum Gasteiger partial charge on any atom is 0.471 e. The van der Waals surface area contributed by atoms with Crippen LogP contribution in [0.1, 0.15) is 21.9 Å². The van der Waals surface area contributed by atoms with E-state index < -0.39 is 33.5 Å². The van der Waals surface area contributed by atoms with Crippen LogP contribution in [0.5, 0.6) is 0 Å². The molecule has 1 atom stereocenters. The summed E-state index contributed by atoms with van der Waals surface area (Å²) in [5.74, 6) is -3.34. The van der Waals surface area contributed by atoms with Crippen molar-refractivity contribution in [2.24, 2.45) is 4.36 Å². The van der Waals surface area contributed by atoms with Crippen LogP contribution in [0.2, 0.25) is 0 Å². The van der Waals surface area contributed by atoms with Gasteiger partial charge in [-0.05, 0) is 30.3 Å². The number of rotatable bonds is 4. The number of aromatic nitrogens is 4. The number of pyridine rings is 1. The highest BCUT2D eigenvalue weighted by molar-refractivity contribution is 7.92. The molecule has 0 spiro atoms. The van der Waals surface area contributed by atoms with E-state index in [1.807, 2.05) is 0 Å². The Bertz CT molecular complexity index is 1450. The minimum absolute atomic E-state index is 0.0300. The molecule has 0 saturated heterocycles. The van der Waals surface area contributed by atoms with Crippen molar-refractivity contribution < 1.29 is 31.1 Å². The SMILES string of the molecule is CS(=O)(Cc1cn2ccc(-c3noc(C(F)(F)F)n3)cc2n1)=NC(=O)c1cccc(F)c1. The highest BCUT2D eigenvalue weighted by Gasteiger charge is 2.38. The van der Waals surface area contributed by atoms with Gasteiger partial charge in [-0.3, -0.25) is 4.79 Å². The summed E-state index contributed by atoms with van der Waals surface area (Å²) in [4.78, 5) is 19.8. The first-order chi connectivity index (χ1) is 15.0. The van der Waals surface area contributed by atoms with E-state index in [9.17, 15) is 26.6 Å². The predicted octanol–water partition coefficient (Wildman–Crippen LogP) is 3.98. The summed E-state index contributed by atoms with van der Waals surface area (Å²) in [6, 6.07) is 7.76. The van der Waals surface area contributed by atoms with Gasteiger partial charge >= 0.3 is 12.1 Å². The van der Waals surface area contributed by atoms with Gasteiger partial charge in [0.05, 0.1) is 21.2 Å². The number of alkyl halides is 3. The van der Waals surface area contributed by atoms with Gasteiger partial charge in [0.15, 0.2) is 0 Å².